The van der Waals surface area contributed by atoms with Crippen LogP contribution in [0.1, 0.15) is 12.5 Å². The van der Waals surface area contributed by atoms with Gasteiger partial charge >= 0.3 is 0 Å². The second kappa shape index (κ2) is 6.53. The first-order valence-corrected chi connectivity index (χ1v) is 7.94. The average Bonchev–Trinajstić information content (AvgIpc) is 2.56. The van der Waals surface area contributed by atoms with Crippen LogP contribution < -0.4 is 15.0 Å². The Labute approximate surface area is 145 Å². The number of ether oxygens (including phenoxy) is 1. The molecular weight excluding hydrogens is 328 g/mol. The van der Waals surface area contributed by atoms with Crippen molar-refractivity contribution in [2.24, 2.45) is 0 Å². The van der Waals surface area contributed by atoms with Crippen molar-refractivity contribution in [1.29, 1.82) is 0 Å². The number of para-hydroxylation sites is 2. The molecule has 0 saturated carbocycles. The minimum Gasteiger partial charge on any atom is -0.476 e. The highest BCUT2D eigenvalue weighted by Gasteiger charge is 2.32. The van der Waals surface area contributed by atoms with Gasteiger partial charge in [-0.05, 0) is 36.8 Å². The van der Waals surface area contributed by atoms with E-state index in [1.165, 1.54) is 6.92 Å². The molecule has 3 rings (SSSR count). The number of anilines is 2. The van der Waals surface area contributed by atoms with Crippen LogP contribution in [0, 0.1) is 6.92 Å². The summed E-state index contributed by atoms with van der Waals surface area (Å²) in [6, 6.07) is 12.5. The third kappa shape index (κ3) is 3.21. The van der Waals surface area contributed by atoms with Gasteiger partial charge in [0.15, 0.2) is 6.10 Å². The Bertz CT molecular complexity index is 807. The van der Waals surface area contributed by atoms with E-state index >= 15 is 0 Å². The van der Waals surface area contributed by atoms with Crippen molar-refractivity contribution in [3.63, 3.8) is 0 Å². The first-order chi connectivity index (χ1) is 11.5. The smallest absolute Gasteiger partial charge is 0.267 e. The Kier molecular flexibility index (Phi) is 4.44. The molecule has 1 atom stereocenters. The van der Waals surface area contributed by atoms with Gasteiger partial charge in [0, 0.05) is 6.92 Å². The summed E-state index contributed by atoms with van der Waals surface area (Å²) in [6.07, 6.45) is -0.804. The lowest BCUT2D eigenvalue weighted by Gasteiger charge is -2.33. The molecule has 1 heterocycles. The zero-order chi connectivity index (χ0) is 17.3. The van der Waals surface area contributed by atoms with E-state index < -0.39 is 6.10 Å². The molecule has 0 aliphatic carbocycles. The maximum absolute atomic E-state index is 12.5. The lowest BCUT2D eigenvalue weighted by Crippen LogP contribution is -2.48. The fourth-order valence-corrected chi connectivity index (χ4v) is 2.89. The summed E-state index contributed by atoms with van der Waals surface area (Å²) < 4.78 is 5.76. The summed E-state index contributed by atoms with van der Waals surface area (Å²) >= 11 is 6.15. The highest BCUT2D eigenvalue weighted by Crippen LogP contribution is 2.33. The van der Waals surface area contributed by atoms with Crippen LogP contribution in [-0.2, 0) is 9.59 Å². The van der Waals surface area contributed by atoms with Crippen LogP contribution in [0.4, 0.5) is 11.4 Å². The second-order valence-electron chi connectivity index (χ2n) is 5.68. The number of hydrogen-bond donors (Lipinski definition) is 1. The van der Waals surface area contributed by atoms with Crippen molar-refractivity contribution in [2.45, 2.75) is 20.0 Å². The molecule has 6 heteroatoms. The van der Waals surface area contributed by atoms with E-state index in [9.17, 15) is 9.59 Å². The Morgan fingerprint density at radius 2 is 2.00 bits per heavy atom. The number of fused-ring (bicyclic) bond motifs is 1. The molecule has 1 aliphatic heterocycles. The number of carbonyl (C=O) groups excluding carboxylic acids is 2. The van der Waals surface area contributed by atoms with Gasteiger partial charge in [0.25, 0.3) is 5.91 Å². The Morgan fingerprint density at radius 1 is 1.25 bits per heavy atom. The topological polar surface area (TPSA) is 58.6 Å². The van der Waals surface area contributed by atoms with Gasteiger partial charge in [-0.1, -0.05) is 29.8 Å². The SMILES string of the molecule is CC(=O)N1CC(C(=O)Nc2ccc(C)cc2Cl)Oc2ccccc21. The molecule has 2 aromatic carbocycles. The lowest BCUT2D eigenvalue weighted by molar-refractivity contribution is -0.123. The number of rotatable bonds is 2. The number of halogens is 1. The van der Waals surface area contributed by atoms with Crippen molar-refractivity contribution < 1.29 is 14.3 Å². The Morgan fingerprint density at radius 3 is 2.71 bits per heavy atom. The number of nitrogens with zero attached hydrogens (tertiary/aromatic N) is 1. The molecule has 124 valence electrons. The van der Waals surface area contributed by atoms with E-state index in [-0.39, 0.29) is 18.4 Å². The van der Waals surface area contributed by atoms with E-state index in [2.05, 4.69) is 5.32 Å². The highest BCUT2D eigenvalue weighted by atomic mass is 35.5. The fraction of sp³-hybridized carbons (Fsp3) is 0.222. The van der Waals surface area contributed by atoms with Crippen LogP contribution in [-0.4, -0.2) is 24.5 Å². The summed E-state index contributed by atoms with van der Waals surface area (Å²) in [4.78, 5) is 26.0. The first-order valence-electron chi connectivity index (χ1n) is 7.56. The zero-order valence-corrected chi connectivity index (χ0v) is 14.1. The van der Waals surface area contributed by atoms with Crippen LogP contribution in [0.25, 0.3) is 0 Å². The minimum absolute atomic E-state index is 0.142. The van der Waals surface area contributed by atoms with Crippen molar-refractivity contribution in [3.05, 3.63) is 53.1 Å². The molecule has 2 amide bonds. The van der Waals surface area contributed by atoms with E-state index in [1.807, 2.05) is 19.1 Å². The van der Waals surface area contributed by atoms with Crippen molar-refractivity contribution in [2.75, 3.05) is 16.8 Å². The van der Waals surface area contributed by atoms with Crippen LogP contribution in [0.15, 0.2) is 42.5 Å². The first kappa shape index (κ1) is 16.3. The maximum Gasteiger partial charge on any atom is 0.267 e. The van der Waals surface area contributed by atoms with E-state index in [1.54, 1.807) is 35.2 Å². The minimum atomic E-state index is -0.804. The standard InChI is InChI=1S/C18H17ClN2O3/c1-11-7-8-14(13(19)9-11)20-18(23)17-10-21(12(2)22)15-5-3-4-6-16(15)24-17/h3-9,17H,10H2,1-2H3,(H,20,23). The number of nitrogens with one attached hydrogen (secondary N) is 1. The third-order valence-corrected chi connectivity index (χ3v) is 4.14. The quantitative estimate of drug-likeness (QED) is 0.908. The number of amides is 2. The third-order valence-electron chi connectivity index (χ3n) is 3.83. The molecule has 0 saturated heterocycles. The summed E-state index contributed by atoms with van der Waals surface area (Å²) in [5, 5.41) is 3.22. The second-order valence-corrected chi connectivity index (χ2v) is 6.08. The summed E-state index contributed by atoms with van der Waals surface area (Å²) in [5.74, 6) is 0.0209. The molecular formula is C18H17ClN2O3. The van der Waals surface area contributed by atoms with Gasteiger partial charge in [0.1, 0.15) is 5.75 Å². The van der Waals surface area contributed by atoms with Gasteiger partial charge in [-0.25, -0.2) is 0 Å². The molecule has 0 aromatic heterocycles. The van der Waals surface area contributed by atoms with Gasteiger partial charge < -0.3 is 15.0 Å². The van der Waals surface area contributed by atoms with Crippen molar-refractivity contribution in [1.82, 2.24) is 0 Å². The predicted molar refractivity (Wildman–Crippen MR) is 93.7 cm³/mol. The highest BCUT2D eigenvalue weighted by molar-refractivity contribution is 6.33. The molecule has 2 aromatic rings. The molecule has 1 unspecified atom stereocenters. The van der Waals surface area contributed by atoms with Gasteiger partial charge in [-0.3, -0.25) is 9.59 Å². The average molecular weight is 345 g/mol. The number of aryl methyl sites for hydroxylation is 1. The summed E-state index contributed by atoms with van der Waals surface area (Å²) in [7, 11) is 0. The maximum atomic E-state index is 12.5. The van der Waals surface area contributed by atoms with Crippen LogP contribution in [0.5, 0.6) is 5.75 Å². The van der Waals surface area contributed by atoms with Crippen LogP contribution in [0.3, 0.4) is 0 Å². The number of benzene rings is 2. The molecule has 5 nitrogen and oxygen atoms in total. The molecule has 24 heavy (non-hydrogen) atoms. The van der Waals surface area contributed by atoms with Gasteiger partial charge in [0.05, 0.1) is 22.9 Å². The normalized spacial score (nSPS) is 16.1. The predicted octanol–water partition coefficient (Wildman–Crippen LogP) is 3.40. The molecule has 1 N–H and O–H groups in total. The van der Waals surface area contributed by atoms with Crippen LogP contribution in [0.2, 0.25) is 5.02 Å². The van der Waals surface area contributed by atoms with Crippen molar-refractivity contribution in [3.8, 4) is 5.75 Å². The van der Waals surface area contributed by atoms with Crippen LogP contribution >= 0.6 is 11.6 Å². The largest absolute Gasteiger partial charge is 0.476 e. The molecule has 0 radical (unpaired) electrons. The van der Waals surface area contributed by atoms with Crippen molar-refractivity contribution >= 4 is 34.8 Å². The number of carbonyl (C=O) groups is 2. The fourth-order valence-electron chi connectivity index (χ4n) is 2.60. The summed E-state index contributed by atoms with van der Waals surface area (Å²) in [6.45, 7) is 3.54. The Balaban J connectivity index is 1.82. The van der Waals surface area contributed by atoms with E-state index in [0.717, 1.165) is 5.56 Å². The number of hydrogen-bond acceptors (Lipinski definition) is 3. The van der Waals surface area contributed by atoms with E-state index in [4.69, 9.17) is 16.3 Å². The zero-order valence-electron chi connectivity index (χ0n) is 13.4. The van der Waals surface area contributed by atoms with Gasteiger partial charge in [0.2, 0.25) is 5.91 Å². The summed E-state index contributed by atoms with van der Waals surface area (Å²) in [5.41, 5.74) is 2.19. The molecule has 1 aliphatic rings. The lowest BCUT2D eigenvalue weighted by atomic mass is 10.1. The molecule has 0 fully saturated rings. The van der Waals surface area contributed by atoms with Gasteiger partial charge in [-0.2, -0.15) is 0 Å². The molecule has 0 bridgehead atoms. The monoisotopic (exact) mass is 344 g/mol. The van der Waals surface area contributed by atoms with E-state index in [0.29, 0.717) is 22.1 Å². The Hall–Kier alpha value is -2.53. The molecule has 0 spiro atoms. The van der Waals surface area contributed by atoms with Gasteiger partial charge in [-0.15, -0.1) is 0 Å².